The molecule has 0 amide bonds. The maximum Gasteiger partial charge on any atom is 0.106 e. The van der Waals surface area contributed by atoms with Gasteiger partial charge < -0.3 is 5.11 Å². The summed E-state index contributed by atoms with van der Waals surface area (Å²) in [4.78, 5) is 4.14. The molecule has 1 aromatic rings. The molecule has 0 radical (unpaired) electrons. The van der Waals surface area contributed by atoms with Crippen molar-refractivity contribution in [1.29, 1.82) is 0 Å². The number of halogens is 2. The van der Waals surface area contributed by atoms with Crippen LogP contribution >= 0.6 is 27.5 Å². The highest BCUT2D eigenvalue weighted by Crippen LogP contribution is 2.19. The van der Waals surface area contributed by atoms with Crippen molar-refractivity contribution in [3.8, 4) is 0 Å². The van der Waals surface area contributed by atoms with Gasteiger partial charge in [0.2, 0.25) is 0 Å². The molecular formula is C8H9BrClNO. The fraction of sp³-hybridized carbons (Fsp3) is 0.375. The van der Waals surface area contributed by atoms with E-state index >= 15 is 0 Å². The maximum atomic E-state index is 9.31. The Bertz CT molecular complexity index is 278. The molecule has 0 aliphatic carbocycles. The van der Waals surface area contributed by atoms with E-state index in [1.165, 1.54) is 0 Å². The van der Waals surface area contributed by atoms with Crippen LogP contribution in [-0.2, 0) is 5.88 Å². The third-order valence-electron chi connectivity index (χ3n) is 1.55. The molecule has 1 heterocycles. The number of alkyl halides is 1. The molecular weight excluding hydrogens is 241 g/mol. The average Bonchev–Trinajstić information content (AvgIpc) is 2.03. The number of hydrogen-bond acceptors (Lipinski definition) is 2. The fourth-order valence-corrected chi connectivity index (χ4v) is 1.53. The van der Waals surface area contributed by atoms with Gasteiger partial charge in [0.05, 0.1) is 17.7 Å². The van der Waals surface area contributed by atoms with Crippen molar-refractivity contribution in [3.05, 3.63) is 28.0 Å². The molecule has 0 saturated heterocycles. The molecule has 1 N–H and O–H groups in total. The molecule has 12 heavy (non-hydrogen) atoms. The summed E-state index contributed by atoms with van der Waals surface area (Å²) in [6, 6.07) is 3.61. The number of hydrogen-bond donors (Lipinski definition) is 1. The van der Waals surface area contributed by atoms with Crippen molar-refractivity contribution in [2.24, 2.45) is 0 Å². The second-order valence-corrected chi connectivity index (χ2v) is 3.56. The predicted octanol–water partition coefficient (Wildman–Crippen LogP) is 2.64. The number of rotatable bonds is 2. The van der Waals surface area contributed by atoms with Gasteiger partial charge in [-0.2, -0.15) is 0 Å². The summed E-state index contributed by atoms with van der Waals surface area (Å²) in [5.41, 5.74) is 1.51. The number of pyridine rings is 1. The lowest BCUT2D eigenvalue weighted by atomic mass is 10.1. The normalized spacial score (nSPS) is 13.0. The Labute approximate surface area is 84.7 Å². The predicted molar refractivity (Wildman–Crippen MR) is 52.1 cm³/mol. The van der Waals surface area contributed by atoms with E-state index in [4.69, 9.17) is 11.6 Å². The smallest absolute Gasteiger partial charge is 0.106 e. The van der Waals surface area contributed by atoms with Crippen LogP contribution in [0.2, 0.25) is 0 Å². The number of aliphatic hydroxyl groups is 1. The summed E-state index contributed by atoms with van der Waals surface area (Å²) in [7, 11) is 0. The lowest BCUT2D eigenvalue weighted by Gasteiger charge is -2.08. The molecule has 2 nitrogen and oxygen atoms in total. The molecule has 0 spiro atoms. The van der Waals surface area contributed by atoms with Crippen LogP contribution in [0.4, 0.5) is 0 Å². The first-order valence-corrected chi connectivity index (χ1v) is 4.87. The van der Waals surface area contributed by atoms with Gasteiger partial charge in [0.1, 0.15) is 4.60 Å². The highest BCUT2D eigenvalue weighted by molar-refractivity contribution is 9.10. The van der Waals surface area contributed by atoms with E-state index in [9.17, 15) is 5.11 Å². The molecule has 66 valence electrons. The molecule has 0 aliphatic rings. The molecule has 1 atom stereocenters. The highest BCUT2D eigenvalue weighted by Gasteiger charge is 2.08. The first-order chi connectivity index (χ1) is 5.65. The largest absolute Gasteiger partial charge is 0.389 e. The van der Waals surface area contributed by atoms with Crippen molar-refractivity contribution in [2.45, 2.75) is 18.9 Å². The van der Waals surface area contributed by atoms with E-state index in [1.807, 2.05) is 6.07 Å². The van der Waals surface area contributed by atoms with Gasteiger partial charge >= 0.3 is 0 Å². The molecule has 0 aliphatic heterocycles. The quantitative estimate of drug-likeness (QED) is 0.646. The van der Waals surface area contributed by atoms with Crippen LogP contribution in [-0.4, -0.2) is 10.1 Å². The number of nitrogens with zero attached hydrogens (tertiary/aromatic N) is 1. The second-order valence-electron chi connectivity index (χ2n) is 2.48. The summed E-state index contributed by atoms with van der Waals surface area (Å²) in [5.74, 6) is 0.319. The van der Waals surface area contributed by atoms with Gasteiger partial charge in [0.25, 0.3) is 0 Å². The molecule has 0 fully saturated rings. The minimum absolute atomic E-state index is 0.319. The minimum atomic E-state index is -0.514. The van der Waals surface area contributed by atoms with Crippen LogP contribution in [0.5, 0.6) is 0 Å². The summed E-state index contributed by atoms with van der Waals surface area (Å²) in [6.07, 6.45) is -0.514. The third kappa shape index (κ3) is 2.19. The van der Waals surface area contributed by atoms with Crippen LogP contribution in [0.25, 0.3) is 0 Å². The van der Waals surface area contributed by atoms with Crippen molar-refractivity contribution < 1.29 is 5.11 Å². The van der Waals surface area contributed by atoms with Crippen molar-refractivity contribution >= 4 is 27.5 Å². The van der Waals surface area contributed by atoms with Gasteiger partial charge in [-0.1, -0.05) is 6.07 Å². The van der Waals surface area contributed by atoms with Crippen molar-refractivity contribution in [1.82, 2.24) is 4.98 Å². The van der Waals surface area contributed by atoms with E-state index in [1.54, 1.807) is 13.0 Å². The van der Waals surface area contributed by atoms with E-state index < -0.39 is 6.10 Å². The zero-order chi connectivity index (χ0) is 9.14. The first kappa shape index (κ1) is 9.96. The Hall–Kier alpha value is -0.120. The molecule has 0 saturated carbocycles. The second kappa shape index (κ2) is 4.21. The number of aromatic nitrogens is 1. The summed E-state index contributed by atoms with van der Waals surface area (Å²) < 4.78 is 0.738. The fourth-order valence-electron chi connectivity index (χ4n) is 0.973. The minimum Gasteiger partial charge on any atom is -0.389 e. The topological polar surface area (TPSA) is 33.1 Å². The highest BCUT2D eigenvalue weighted by atomic mass is 79.9. The summed E-state index contributed by atoms with van der Waals surface area (Å²) in [5, 5.41) is 9.31. The maximum absolute atomic E-state index is 9.31. The molecule has 0 aromatic carbocycles. The van der Waals surface area contributed by atoms with Gasteiger partial charge in [-0.05, 0) is 28.9 Å². The van der Waals surface area contributed by atoms with Crippen LogP contribution < -0.4 is 0 Å². The van der Waals surface area contributed by atoms with Crippen LogP contribution in [0.15, 0.2) is 16.7 Å². The van der Waals surface area contributed by atoms with E-state index in [0.29, 0.717) is 5.88 Å². The zero-order valence-corrected chi connectivity index (χ0v) is 8.93. The monoisotopic (exact) mass is 249 g/mol. The molecule has 1 rings (SSSR count). The van der Waals surface area contributed by atoms with Gasteiger partial charge in [0.15, 0.2) is 0 Å². The zero-order valence-electron chi connectivity index (χ0n) is 6.59. The Balaban J connectivity index is 3.11. The SMILES string of the molecule is CC(O)c1ccc(Br)nc1CCl. The summed E-state index contributed by atoms with van der Waals surface area (Å²) >= 11 is 8.89. The van der Waals surface area contributed by atoms with E-state index in [-0.39, 0.29) is 0 Å². The average molecular weight is 251 g/mol. The Morgan fingerprint density at radius 3 is 2.83 bits per heavy atom. The molecule has 1 unspecified atom stereocenters. The van der Waals surface area contributed by atoms with E-state index in [2.05, 4.69) is 20.9 Å². The van der Waals surface area contributed by atoms with Gasteiger partial charge in [-0.25, -0.2) is 4.98 Å². The van der Waals surface area contributed by atoms with Crippen LogP contribution in [0.3, 0.4) is 0 Å². The van der Waals surface area contributed by atoms with E-state index in [0.717, 1.165) is 15.9 Å². The molecule has 0 bridgehead atoms. The van der Waals surface area contributed by atoms with Gasteiger partial charge in [0, 0.05) is 5.56 Å². The Morgan fingerprint density at radius 1 is 1.67 bits per heavy atom. The van der Waals surface area contributed by atoms with Gasteiger partial charge in [-0.15, -0.1) is 11.6 Å². The van der Waals surface area contributed by atoms with Gasteiger partial charge in [-0.3, -0.25) is 0 Å². The standard InChI is InChI=1S/C8H9BrClNO/c1-5(12)6-2-3-8(9)11-7(6)4-10/h2-3,5,12H,4H2,1H3. The Morgan fingerprint density at radius 2 is 2.33 bits per heavy atom. The van der Waals surface area contributed by atoms with Crippen LogP contribution in [0.1, 0.15) is 24.3 Å². The van der Waals surface area contributed by atoms with Crippen LogP contribution in [0, 0.1) is 0 Å². The molecule has 4 heteroatoms. The first-order valence-electron chi connectivity index (χ1n) is 3.54. The summed E-state index contributed by atoms with van der Waals surface area (Å²) in [6.45, 7) is 1.70. The third-order valence-corrected chi connectivity index (χ3v) is 2.25. The lowest BCUT2D eigenvalue weighted by molar-refractivity contribution is 0.198. The Kier molecular flexibility index (Phi) is 3.50. The van der Waals surface area contributed by atoms with Crippen molar-refractivity contribution in [2.75, 3.05) is 0 Å². The molecule has 1 aromatic heterocycles. The lowest BCUT2D eigenvalue weighted by Crippen LogP contribution is -1.99. The number of aliphatic hydroxyl groups excluding tert-OH is 1. The van der Waals surface area contributed by atoms with Crippen molar-refractivity contribution in [3.63, 3.8) is 0 Å².